The van der Waals surface area contributed by atoms with Crippen molar-refractivity contribution in [2.24, 2.45) is 0 Å². The molecule has 4 rings (SSSR count). The van der Waals surface area contributed by atoms with Crippen LogP contribution in [-0.4, -0.2) is 57.2 Å². The Labute approximate surface area is 190 Å². The number of aromatic nitrogens is 3. The minimum atomic E-state index is -0.445. The molecule has 8 heteroatoms. The van der Waals surface area contributed by atoms with Gasteiger partial charge in [-0.2, -0.15) is 0 Å². The topological polar surface area (TPSA) is 74.9 Å². The van der Waals surface area contributed by atoms with Crippen molar-refractivity contribution < 1.29 is 9.84 Å². The Morgan fingerprint density at radius 1 is 1.26 bits per heavy atom. The molecule has 0 aliphatic carbocycles. The Kier molecular flexibility index (Phi) is 6.89. The zero-order valence-corrected chi connectivity index (χ0v) is 19.3. The average Bonchev–Trinajstić information content (AvgIpc) is 3.19. The highest BCUT2D eigenvalue weighted by Gasteiger charge is 2.19. The zero-order valence-electron chi connectivity index (χ0n) is 17.7. The van der Waals surface area contributed by atoms with Crippen LogP contribution >= 0.6 is 15.9 Å². The Balaban J connectivity index is 1.54. The molecule has 0 amide bonds. The number of halogens is 1. The van der Waals surface area contributed by atoms with Gasteiger partial charge in [-0.05, 0) is 52.9 Å². The van der Waals surface area contributed by atoms with Gasteiger partial charge in [0, 0.05) is 32.0 Å². The van der Waals surface area contributed by atoms with E-state index in [2.05, 4.69) is 62.0 Å². The molecule has 0 unspecified atom stereocenters. The third-order valence-corrected chi connectivity index (χ3v) is 6.02. The van der Waals surface area contributed by atoms with Crippen LogP contribution in [0.2, 0.25) is 0 Å². The van der Waals surface area contributed by atoms with Crippen LogP contribution in [0, 0.1) is 0 Å². The van der Waals surface area contributed by atoms with Gasteiger partial charge in [-0.1, -0.05) is 30.8 Å². The van der Waals surface area contributed by atoms with Gasteiger partial charge < -0.3 is 20.1 Å². The highest BCUT2D eigenvalue weighted by molar-refractivity contribution is 9.10. The monoisotopic (exact) mass is 485 g/mol. The maximum Gasteiger partial charge on any atom is 0.259 e. The SMILES string of the molecule is C=C(c1cn2cc(Br)nc(OC)c2n1)N1CCCNCc2ccccc2CC[C@H](O)C1. The number of fused-ring (bicyclic) bond motifs is 2. The lowest BCUT2D eigenvalue weighted by molar-refractivity contribution is 0.129. The van der Waals surface area contributed by atoms with Crippen LogP contribution in [0.3, 0.4) is 0 Å². The minimum absolute atomic E-state index is 0.445. The van der Waals surface area contributed by atoms with E-state index >= 15 is 0 Å². The van der Waals surface area contributed by atoms with Crippen molar-refractivity contribution in [1.82, 2.24) is 24.6 Å². The fraction of sp³-hybridized carbons (Fsp3) is 0.391. The normalized spacial score (nSPS) is 18.2. The predicted molar refractivity (Wildman–Crippen MR) is 125 cm³/mol. The molecule has 0 fully saturated rings. The first-order valence-electron chi connectivity index (χ1n) is 10.5. The molecular formula is C23H28BrN5O2. The number of aliphatic hydroxyl groups is 1. The van der Waals surface area contributed by atoms with Crippen molar-refractivity contribution in [3.05, 3.63) is 64.7 Å². The molecule has 2 aromatic heterocycles. The minimum Gasteiger partial charge on any atom is -0.478 e. The number of rotatable bonds is 3. The number of ether oxygens (including phenoxy) is 1. The third kappa shape index (κ3) is 5.08. The van der Waals surface area contributed by atoms with Crippen molar-refractivity contribution in [1.29, 1.82) is 0 Å². The second-order valence-corrected chi connectivity index (χ2v) is 8.63. The van der Waals surface area contributed by atoms with Gasteiger partial charge in [0.25, 0.3) is 5.88 Å². The van der Waals surface area contributed by atoms with E-state index in [1.54, 1.807) is 7.11 Å². The number of methoxy groups -OCH3 is 1. The molecule has 0 bridgehead atoms. The van der Waals surface area contributed by atoms with Crippen molar-refractivity contribution >= 4 is 27.3 Å². The largest absolute Gasteiger partial charge is 0.478 e. The number of imidazole rings is 1. The number of aryl methyl sites for hydroxylation is 1. The van der Waals surface area contributed by atoms with E-state index in [1.807, 2.05) is 16.8 Å². The summed E-state index contributed by atoms with van der Waals surface area (Å²) in [6, 6.07) is 8.46. The average molecular weight is 486 g/mol. The molecule has 3 aromatic rings. The summed E-state index contributed by atoms with van der Waals surface area (Å²) in [4.78, 5) is 11.2. The summed E-state index contributed by atoms with van der Waals surface area (Å²) < 4.78 is 7.91. The smallest absolute Gasteiger partial charge is 0.259 e. The Bertz CT molecular complexity index is 1070. The molecule has 1 aliphatic rings. The summed E-state index contributed by atoms with van der Waals surface area (Å²) in [5.74, 6) is 0.449. The van der Waals surface area contributed by atoms with Crippen LogP contribution in [0.15, 0.2) is 47.8 Å². The summed E-state index contributed by atoms with van der Waals surface area (Å²) >= 11 is 3.40. The van der Waals surface area contributed by atoms with Gasteiger partial charge in [-0.15, -0.1) is 0 Å². The van der Waals surface area contributed by atoms with E-state index in [0.717, 1.165) is 43.9 Å². The molecule has 164 valence electrons. The van der Waals surface area contributed by atoms with E-state index in [9.17, 15) is 5.11 Å². The molecule has 1 aliphatic heterocycles. The number of hydrogen-bond acceptors (Lipinski definition) is 6. The van der Waals surface area contributed by atoms with Crippen LogP contribution in [0.1, 0.15) is 29.7 Å². The van der Waals surface area contributed by atoms with Gasteiger partial charge >= 0.3 is 0 Å². The van der Waals surface area contributed by atoms with Crippen LogP contribution in [0.25, 0.3) is 11.3 Å². The van der Waals surface area contributed by atoms with Gasteiger partial charge in [0.2, 0.25) is 5.65 Å². The molecular weight excluding hydrogens is 458 g/mol. The summed E-state index contributed by atoms with van der Waals surface area (Å²) in [5.41, 5.74) is 4.78. The lowest BCUT2D eigenvalue weighted by Gasteiger charge is -2.29. The van der Waals surface area contributed by atoms with Crippen molar-refractivity contribution in [2.75, 3.05) is 26.7 Å². The number of hydrogen-bond donors (Lipinski definition) is 2. The standard InChI is InChI=1S/C23H28BrN5O2/c1-16(20-14-29-15-21(24)27-23(31-2)22(29)26-20)28-11-5-10-25-12-18-7-4-3-6-17(18)8-9-19(30)13-28/h3-4,6-7,14-15,19,25,30H,1,5,8-13H2,2H3/t19-/m0/s1. The van der Waals surface area contributed by atoms with Crippen LogP contribution in [-0.2, 0) is 13.0 Å². The summed E-state index contributed by atoms with van der Waals surface area (Å²) in [5, 5.41) is 14.3. The molecule has 0 spiro atoms. The van der Waals surface area contributed by atoms with Crippen molar-refractivity contribution in [2.45, 2.75) is 31.9 Å². The first kappa shape index (κ1) is 21.8. The molecule has 1 atom stereocenters. The van der Waals surface area contributed by atoms with Gasteiger partial charge in [0.15, 0.2) is 0 Å². The predicted octanol–water partition coefficient (Wildman–Crippen LogP) is 3.26. The second-order valence-electron chi connectivity index (χ2n) is 7.81. The van der Waals surface area contributed by atoms with E-state index < -0.39 is 6.10 Å². The fourth-order valence-corrected chi connectivity index (χ4v) is 4.36. The highest BCUT2D eigenvalue weighted by atomic mass is 79.9. The summed E-state index contributed by atoms with van der Waals surface area (Å²) in [7, 11) is 1.58. The van der Waals surface area contributed by atoms with Gasteiger partial charge in [-0.3, -0.25) is 4.40 Å². The number of nitrogens with one attached hydrogen (secondary N) is 1. The zero-order chi connectivity index (χ0) is 21.8. The van der Waals surface area contributed by atoms with Crippen molar-refractivity contribution in [3.8, 4) is 5.88 Å². The van der Waals surface area contributed by atoms with E-state index in [1.165, 1.54) is 11.1 Å². The lowest BCUT2D eigenvalue weighted by Crippen LogP contribution is -2.34. The quantitative estimate of drug-likeness (QED) is 0.592. The number of aliphatic hydroxyl groups excluding tert-OH is 1. The summed E-state index contributed by atoms with van der Waals surface area (Å²) in [6.07, 6.45) is 5.82. The van der Waals surface area contributed by atoms with E-state index in [4.69, 9.17) is 9.72 Å². The Morgan fingerprint density at radius 2 is 2.06 bits per heavy atom. The molecule has 0 radical (unpaired) electrons. The fourth-order valence-electron chi connectivity index (χ4n) is 3.97. The molecule has 3 heterocycles. The molecule has 1 aromatic carbocycles. The van der Waals surface area contributed by atoms with E-state index in [-0.39, 0.29) is 0 Å². The Hall–Kier alpha value is -2.42. The van der Waals surface area contributed by atoms with Crippen LogP contribution in [0.4, 0.5) is 0 Å². The first-order valence-corrected chi connectivity index (χ1v) is 11.3. The third-order valence-electron chi connectivity index (χ3n) is 5.64. The van der Waals surface area contributed by atoms with Gasteiger partial charge in [-0.25, -0.2) is 9.97 Å². The highest BCUT2D eigenvalue weighted by Crippen LogP contribution is 2.25. The number of β-amino-alcohol motifs (C(OH)–C–C–N with tert-alkyl or cyclic N) is 1. The molecule has 7 nitrogen and oxygen atoms in total. The maximum atomic E-state index is 10.8. The van der Waals surface area contributed by atoms with Gasteiger partial charge in [0.1, 0.15) is 10.3 Å². The number of nitrogens with zero attached hydrogens (tertiary/aromatic N) is 4. The Morgan fingerprint density at radius 3 is 2.87 bits per heavy atom. The van der Waals surface area contributed by atoms with Crippen LogP contribution in [0.5, 0.6) is 5.88 Å². The number of benzene rings is 1. The van der Waals surface area contributed by atoms with Gasteiger partial charge in [0.05, 0.1) is 18.9 Å². The molecule has 0 saturated heterocycles. The van der Waals surface area contributed by atoms with Crippen LogP contribution < -0.4 is 10.1 Å². The molecule has 2 N–H and O–H groups in total. The van der Waals surface area contributed by atoms with Crippen molar-refractivity contribution in [3.63, 3.8) is 0 Å². The molecule has 0 saturated carbocycles. The lowest BCUT2D eigenvalue weighted by atomic mass is 10.00. The second kappa shape index (κ2) is 9.80. The summed E-state index contributed by atoms with van der Waals surface area (Å²) in [6.45, 7) is 7.36. The maximum absolute atomic E-state index is 10.8. The first-order chi connectivity index (χ1) is 15.0. The van der Waals surface area contributed by atoms with E-state index in [0.29, 0.717) is 29.1 Å². The molecule has 31 heavy (non-hydrogen) atoms.